The van der Waals surface area contributed by atoms with Gasteiger partial charge < -0.3 is 0 Å². The van der Waals surface area contributed by atoms with Crippen LogP contribution in [0.15, 0.2) is 6.07 Å². The lowest BCUT2D eigenvalue weighted by Gasteiger charge is -2.09. The van der Waals surface area contributed by atoms with Crippen molar-refractivity contribution in [3.05, 3.63) is 33.9 Å². The van der Waals surface area contributed by atoms with E-state index in [9.17, 15) is 4.79 Å². The lowest BCUT2D eigenvalue weighted by Crippen LogP contribution is -1.97. The van der Waals surface area contributed by atoms with Crippen LogP contribution in [0.2, 0.25) is 0 Å². The highest BCUT2D eigenvalue weighted by atomic mass is 16.1. The second-order valence-corrected chi connectivity index (χ2v) is 3.89. The quantitative estimate of drug-likeness (QED) is 0.591. The van der Waals surface area contributed by atoms with Crippen molar-refractivity contribution in [1.29, 1.82) is 0 Å². The highest BCUT2D eigenvalue weighted by molar-refractivity contribution is 6.01. The molecule has 0 unspecified atom stereocenters. The summed E-state index contributed by atoms with van der Waals surface area (Å²) in [5.74, 6) is 0.321. The average molecular weight is 174 g/mol. The first-order chi connectivity index (χ1) is 6.11. The molecule has 0 fully saturated rings. The number of rotatable bonds is 0. The molecule has 1 aromatic rings. The van der Waals surface area contributed by atoms with Crippen molar-refractivity contribution in [2.45, 2.75) is 33.6 Å². The van der Waals surface area contributed by atoms with Gasteiger partial charge in [-0.3, -0.25) is 4.79 Å². The molecule has 68 valence electrons. The zero-order valence-corrected chi connectivity index (χ0v) is 8.40. The maximum atomic E-state index is 11.5. The second-order valence-electron chi connectivity index (χ2n) is 3.89. The van der Waals surface area contributed by atoms with Crippen LogP contribution in [0.25, 0.3) is 0 Å². The molecule has 0 saturated heterocycles. The van der Waals surface area contributed by atoms with Crippen LogP contribution in [-0.4, -0.2) is 5.78 Å². The fourth-order valence-electron chi connectivity index (χ4n) is 2.08. The Labute approximate surface area is 78.8 Å². The first kappa shape index (κ1) is 8.49. The molecule has 0 bridgehead atoms. The zero-order valence-electron chi connectivity index (χ0n) is 8.40. The number of aryl methyl sites for hydroxylation is 1. The summed E-state index contributed by atoms with van der Waals surface area (Å²) in [5, 5.41) is 0. The summed E-state index contributed by atoms with van der Waals surface area (Å²) >= 11 is 0. The van der Waals surface area contributed by atoms with Crippen LogP contribution >= 0.6 is 0 Å². The van der Waals surface area contributed by atoms with Crippen LogP contribution in [-0.2, 0) is 6.42 Å². The van der Waals surface area contributed by atoms with Gasteiger partial charge in [-0.15, -0.1) is 0 Å². The Morgan fingerprint density at radius 2 is 1.77 bits per heavy atom. The van der Waals surface area contributed by atoms with Crippen LogP contribution in [0.1, 0.15) is 39.0 Å². The van der Waals surface area contributed by atoms with E-state index in [0.29, 0.717) is 12.2 Å². The minimum absolute atomic E-state index is 0.321. The van der Waals surface area contributed by atoms with Gasteiger partial charge in [-0.25, -0.2) is 0 Å². The molecular weight excluding hydrogens is 160 g/mol. The largest absolute Gasteiger partial charge is 0.294 e. The molecule has 0 heterocycles. The maximum Gasteiger partial charge on any atom is 0.163 e. The number of carbonyl (C=O) groups excluding carboxylic acids is 1. The molecule has 1 aliphatic rings. The maximum absolute atomic E-state index is 11.5. The van der Waals surface area contributed by atoms with Gasteiger partial charge in [-0.05, 0) is 55.5 Å². The third-order valence-electron chi connectivity index (χ3n) is 3.20. The molecule has 13 heavy (non-hydrogen) atoms. The van der Waals surface area contributed by atoms with Crippen LogP contribution in [0.5, 0.6) is 0 Å². The van der Waals surface area contributed by atoms with Gasteiger partial charge in [-0.1, -0.05) is 0 Å². The molecule has 0 N–H and O–H groups in total. The van der Waals surface area contributed by atoms with Crippen molar-refractivity contribution >= 4 is 5.78 Å². The van der Waals surface area contributed by atoms with Crippen LogP contribution < -0.4 is 0 Å². The van der Waals surface area contributed by atoms with Crippen molar-refractivity contribution < 1.29 is 4.79 Å². The Bertz CT molecular complexity index is 389. The smallest absolute Gasteiger partial charge is 0.163 e. The Morgan fingerprint density at radius 3 is 2.46 bits per heavy atom. The van der Waals surface area contributed by atoms with Gasteiger partial charge >= 0.3 is 0 Å². The zero-order chi connectivity index (χ0) is 9.59. The van der Waals surface area contributed by atoms with E-state index < -0.39 is 0 Å². The molecule has 0 radical (unpaired) electrons. The number of Topliss-reactive ketones (excluding diaryl/α,β-unsaturated/α-hetero) is 1. The number of hydrogen-bond donors (Lipinski definition) is 0. The molecule has 0 spiro atoms. The van der Waals surface area contributed by atoms with Crippen molar-refractivity contribution in [2.75, 3.05) is 0 Å². The second kappa shape index (κ2) is 2.69. The first-order valence-electron chi connectivity index (χ1n) is 4.74. The fourth-order valence-corrected chi connectivity index (χ4v) is 2.08. The predicted molar refractivity (Wildman–Crippen MR) is 53.3 cm³/mol. The minimum Gasteiger partial charge on any atom is -0.294 e. The van der Waals surface area contributed by atoms with E-state index in [1.807, 2.05) is 6.07 Å². The molecule has 0 aliphatic heterocycles. The van der Waals surface area contributed by atoms with Gasteiger partial charge in [0.2, 0.25) is 0 Å². The van der Waals surface area contributed by atoms with Crippen LogP contribution in [0, 0.1) is 20.8 Å². The van der Waals surface area contributed by atoms with Gasteiger partial charge in [0.25, 0.3) is 0 Å². The third kappa shape index (κ3) is 1.11. The summed E-state index contributed by atoms with van der Waals surface area (Å²) in [6.07, 6.45) is 1.65. The van der Waals surface area contributed by atoms with Crippen LogP contribution in [0.4, 0.5) is 0 Å². The summed E-state index contributed by atoms with van der Waals surface area (Å²) in [5.41, 5.74) is 6.16. The summed E-state index contributed by atoms with van der Waals surface area (Å²) in [4.78, 5) is 11.5. The lowest BCUT2D eigenvalue weighted by molar-refractivity contribution is 0.0994. The minimum atomic E-state index is 0.321. The van der Waals surface area contributed by atoms with Gasteiger partial charge in [0.15, 0.2) is 5.78 Å². The normalized spacial score (nSPS) is 14.8. The molecule has 1 aromatic carbocycles. The van der Waals surface area contributed by atoms with Gasteiger partial charge in [0.1, 0.15) is 0 Å². The van der Waals surface area contributed by atoms with Crippen LogP contribution in [0.3, 0.4) is 0 Å². The van der Waals surface area contributed by atoms with Crippen molar-refractivity contribution in [3.63, 3.8) is 0 Å². The number of hydrogen-bond acceptors (Lipinski definition) is 1. The summed E-state index contributed by atoms with van der Waals surface area (Å²) < 4.78 is 0. The van der Waals surface area contributed by atoms with E-state index in [1.54, 1.807) is 0 Å². The third-order valence-corrected chi connectivity index (χ3v) is 3.20. The van der Waals surface area contributed by atoms with Gasteiger partial charge in [0.05, 0.1) is 0 Å². The molecule has 1 aliphatic carbocycles. The topological polar surface area (TPSA) is 17.1 Å². The highest BCUT2D eigenvalue weighted by Crippen LogP contribution is 2.29. The average Bonchev–Trinajstić information content (AvgIpc) is 2.45. The molecule has 0 atom stereocenters. The summed E-state index contributed by atoms with van der Waals surface area (Å²) in [6.45, 7) is 6.34. The Balaban J connectivity index is 2.74. The number of ketones is 1. The molecular formula is C12H14O. The van der Waals surface area contributed by atoms with E-state index in [-0.39, 0.29) is 0 Å². The molecule has 2 rings (SSSR count). The van der Waals surface area contributed by atoms with E-state index in [1.165, 1.54) is 22.3 Å². The van der Waals surface area contributed by atoms with Crippen molar-refractivity contribution in [1.82, 2.24) is 0 Å². The van der Waals surface area contributed by atoms with E-state index in [4.69, 9.17) is 0 Å². The van der Waals surface area contributed by atoms with Crippen molar-refractivity contribution in [3.8, 4) is 0 Å². The van der Waals surface area contributed by atoms with E-state index in [0.717, 1.165) is 12.0 Å². The van der Waals surface area contributed by atoms with Crippen molar-refractivity contribution in [2.24, 2.45) is 0 Å². The van der Waals surface area contributed by atoms with E-state index in [2.05, 4.69) is 20.8 Å². The first-order valence-corrected chi connectivity index (χ1v) is 4.74. The summed E-state index contributed by atoms with van der Waals surface area (Å²) in [7, 11) is 0. The highest BCUT2D eigenvalue weighted by Gasteiger charge is 2.22. The Kier molecular flexibility index (Phi) is 1.76. The van der Waals surface area contributed by atoms with Gasteiger partial charge in [-0.2, -0.15) is 0 Å². The monoisotopic (exact) mass is 174 g/mol. The Hall–Kier alpha value is -1.11. The fraction of sp³-hybridized carbons (Fsp3) is 0.417. The number of benzene rings is 1. The predicted octanol–water partition coefficient (Wildman–Crippen LogP) is 2.74. The molecule has 1 nitrogen and oxygen atoms in total. The Morgan fingerprint density at radius 1 is 1.08 bits per heavy atom. The standard InChI is InChI=1S/C12H14O/c1-7-6-11-10(4-5-12(11)13)9(3)8(7)2/h6H,4-5H2,1-3H3. The van der Waals surface area contributed by atoms with E-state index >= 15 is 0 Å². The number of fused-ring (bicyclic) bond motifs is 1. The lowest BCUT2D eigenvalue weighted by atomic mass is 9.95. The summed E-state index contributed by atoms with van der Waals surface area (Å²) in [6, 6.07) is 2.05. The SMILES string of the molecule is Cc1cc2c(c(C)c1C)CCC2=O. The number of carbonyl (C=O) groups is 1. The molecule has 0 amide bonds. The van der Waals surface area contributed by atoms with Gasteiger partial charge in [0, 0.05) is 12.0 Å². The molecule has 1 heteroatoms. The molecule has 0 saturated carbocycles. The molecule has 0 aromatic heterocycles.